The van der Waals surface area contributed by atoms with Crippen molar-refractivity contribution >= 4 is 26.7 Å². The third-order valence-corrected chi connectivity index (χ3v) is 7.11. The van der Waals surface area contributed by atoms with Gasteiger partial charge in [0.2, 0.25) is 10.0 Å². The molecule has 0 radical (unpaired) electrons. The van der Waals surface area contributed by atoms with Crippen LogP contribution < -0.4 is 4.74 Å². The summed E-state index contributed by atoms with van der Waals surface area (Å²) in [6.45, 7) is -2.53. The summed E-state index contributed by atoms with van der Waals surface area (Å²) in [5.74, 6) is -0.673. The second-order valence-electron chi connectivity index (χ2n) is 7.08. The highest BCUT2D eigenvalue weighted by Crippen LogP contribution is 2.25. The Balaban J connectivity index is 1.48. The molecule has 0 N–H and O–H groups in total. The van der Waals surface area contributed by atoms with Crippen LogP contribution in [0.15, 0.2) is 71.6 Å². The SMILES string of the molecule is O=C(c1ccccc1OC(F)F)N1CCN(S(=O)(=O)c2ccc3ccccc3c2)CC1. The normalized spacial score (nSPS) is 15.4. The molecule has 1 fully saturated rings. The Morgan fingerprint density at radius 3 is 2.23 bits per heavy atom. The number of hydrogen-bond donors (Lipinski definition) is 0. The van der Waals surface area contributed by atoms with Gasteiger partial charge in [-0.05, 0) is 35.0 Å². The van der Waals surface area contributed by atoms with Gasteiger partial charge in [0.15, 0.2) is 0 Å². The Bertz CT molecular complexity index is 1210. The van der Waals surface area contributed by atoms with Crippen LogP contribution in [0.4, 0.5) is 8.78 Å². The zero-order valence-electron chi connectivity index (χ0n) is 16.4. The Labute approximate surface area is 178 Å². The first kappa shape index (κ1) is 21.2. The molecule has 9 heteroatoms. The second-order valence-corrected chi connectivity index (χ2v) is 9.02. The van der Waals surface area contributed by atoms with Crippen molar-refractivity contribution in [3.63, 3.8) is 0 Å². The molecule has 0 aliphatic carbocycles. The highest BCUT2D eigenvalue weighted by molar-refractivity contribution is 7.89. The Hall–Kier alpha value is -3.04. The van der Waals surface area contributed by atoms with E-state index in [0.717, 1.165) is 10.8 Å². The summed E-state index contributed by atoms with van der Waals surface area (Å²) < 4.78 is 57.2. The summed E-state index contributed by atoms with van der Waals surface area (Å²) in [4.78, 5) is 14.4. The number of ether oxygens (including phenoxy) is 1. The lowest BCUT2D eigenvalue weighted by Gasteiger charge is -2.34. The lowest BCUT2D eigenvalue weighted by atomic mass is 10.1. The van der Waals surface area contributed by atoms with E-state index in [0.29, 0.717) is 0 Å². The number of sulfonamides is 1. The molecule has 0 saturated carbocycles. The van der Waals surface area contributed by atoms with Gasteiger partial charge in [-0.15, -0.1) is 0 Å². The minimum absolute atomic E-state index is 0.0219. The van der Waals surface area contributed by atoms with Gasteiger partial charge >= 0.3 is 6.61 Å². The number of benzene rings is 3. The Morgan fingerprint density at radius 1 is 0.871 bits per heavy atom. The fourth-order valence-corrected chi connectivity index (χ4v) is 5.08. The standard InChI is InChI=1S/C22H20F2N2O4S/c23-22(24)30-20-8-4-3-7-19(20)21(27)25-11-13-26(14-12-25)31(28,29)18-10-9-16-5-1-2-6-17(16)15-18/h1-10,15,22H,11-14H2. The van der Waals surface area contributed by atoms with Crippen LogP contribution >= 0.6 is 0 Å². The van der Waals surface area contributed by atoms with E-state index in [4.69, 9.17) is 0 Å². The molecule has 3 aromatic carbocycles. The molecule has 1 amide bonds. The zero-order chi connectivity index (χ0) is 22.0. The number of rotatable bonds is 5. The van der Waals surface area contributed by atoms with E-state index in [1.165, 1.54) is 27.4 Å². The monoisotopic (exact) mass is 446 g/mol. The van der Waals surface area contributed by atoms with Crippen LogP contribution in [0.2, 0.25) is 0 Å². The number of alkyl halides is 2. The van der Waals surface area contributed by atoms with Gasteiger partial charge < -0.3 is 9.64 Å². The molecule has 3 aromatic rings. The van der Waals surface area contributed by atoms with Crippen molar-refractivity contribution in [1.29, 1.82) is 0 Å². The summed E-state index contributed by atoms with van der Waals surface area (Å²) in [5, 5.41) is 1.77. The van der Waals surface area contributed by atoms with Crippen LogP contribution in [0.5, 0.6) is 5.75 Å². The van der Waals surface area contributed by atoms with Gasteiger partial charge in [-0.25, -0.2) is 8.42 Å². The van der Waals surface area contributed by atoms with Gasteiger partial charge in [0, 0.05) is 26.2 Å². The summed E-state index contributed by atoms with van der Waals surface area (Å²) in [6, 6.07) is 18.3. The molecule has 0 spiro atoms. The van der Waals surface area contributed by atoms with Crippen molar-refractivity contribution < 1.29 is 26.7 Å². The number of hydrogen-bond acceptors (Lipinski definition) is 4. The van der Waals surface area contributed by atoms with E-state index >= 15 is 0 Å². The van der Waals surface area contributed by atoms with E-state index in [1.807, 2.05) is 24.3 Å². The minimum Gasteiger partial charge on any atom is -0.434 e. The molecule has 31 heavy (non-hydrogen) atoms. The molecular weight excluding hydrogens is 426 g/mol. The van der Waals surface area contributed by atoms with Gasteiger partial charge in [0.05, 0.1) is 10.5 Å². The van der Waals surface area contributed by atoms with Crippen LogP contribution in [0.1, 0.15) is 10.4 Å². The van der Waals surface area contributed by atoms with Crippen LogP contribution in [0, 0.1) is 0 Å². The Kier molecular flexibility index (Phi) is 5.88. The third-order valence-electron chi connectivity index (χ3n) is 5.22. The number of amides is 1. The quantitative estimate of drug-likeness (QED) is 0.601. The molecular formula is C22H20F2N2O4S. The van der Waals surface area contributed by atoms with Crippen molar-refractivity contribution in [1.82, 2.24) is 9.21 Å². The first-order chi connectivity index (χ1) is 14.9. The number of piperazine rings is 1. The number of halogens is 2. The predicted molar refractivity (Wildman–Crippen MR) is 112 cm³/mol. The lowest BCUT2D eigenvalue weighted by Crippen LogP contribution is -2.50. The van der Waals surface area contributed by atoms with Gasteiger partial charge in [0.1, 0.15) is 5.75 Å². The topological polar surface area (TPSA) is 66.9 Å². The van der Waals surface area contributed by atoms with Crippen LogP contribution in [-0.2, 0) is 10.0 Å². The molecule has 6 nitrogen and oxygen atoms in total. The highest BCUT2D eigenvalue weighted by Gasteiger charge is 2.31. The van der Waals surface area contributed by atoms with Crippen molar-refractivity contribution in [2.75, 3.05) is 26.2 Å². The lowest BCUT2D eigenvalue weighted by molar-refractivity contribution is -0.0503. The molecule has 0 aromatic heterocycles. The predicted octanol–water partition coefficient (Wildman–Crippen LogP) is 3.59. The van der Waals surface area contributed by atoms with Crippen LogP contribution in [-0.4, -0.2) is 56.3 Å². The molecule has 0 atom stereocenters. The maximum Gasteiger partial charge on any atom is 0.387 e. The fourth-order valence-electron chi connectivity index (χ4n) is 3.62. The summed E-state index contributed by atoms with van der Waals surface area (Å²) in [7, 11) is -3.72. The van der Waals surface area contributed by atoms with E-state index in [-0.39, 0.29) is 42.4 Å². The zero-order valence-corrected chi connectivity index (χ0v) is 17.3. The van der Waals surface area contributed by atoms with Gasteiger partial charge in [0.25, 0.3) is 5.91 Å². The van der Waals surface area contributed by atoms with E-state index < -0.39 is 22.5 Å². The van der Waals surface area contributed by atoms with Gasteiger partial charge in [-0.1, -0.05) is 42.5 Å². The summed E-state index contributed by atoms with van der Waals surface area (Å²) in [5.41, 5.74) is 0.0219. The van der Waals surface area contributed by atoms with Crippen molar-refractivity contribution in [3.8, 4) is 5.75 Å². The average Bonchev–Trinajstić information content (AvgIpc) is 2.78. The molecule has 1 aliphatic rings. The van der Waals surface area contributed by atoms with Gasteiger partial charge in [-0.2, -0.15) is 13.1 Å². The van der Waals surface area contributed by atoms with E-state index in [9.17, 15) is 22.0 Å². The van der Waals surface area contributed by atoms with Crippen molar-refractivity contribution in [2.45, 2.75) is 11.5 Å². The molecule has 1 saturated heterocycles. The van der Waals surface area contributed by atoms with E-state index in [2.05, 4.69) is 4.74 Å². The highest BCUT2D eigenvalue weighted by atomic mass is 32.2. The van der Waals surface area contributed by atoms with Crippen LogP contribution in [0.25, 0.3) is 10.8 Å². The number of nitrogens with zero attached hydrogens (tertiary/aromatic N) is 2. The number of carbonyl (C=O) groups is 1. The molecule has 162 valence electrons. The minimum atomic E-state index is -3.72. The number of fused-ring (bicyclic) bond motifs is 1. The Morgan fingerprint density at radius 2 is 1.52 bits per heavy atom. The summed E-state index contributed by atoms with van der Waals surface area (Å²) >= 11 is 0. The van der Waals surface area contributed by atoms with Crippen molar-refractivity contribution in [2.24, 2.45) is 0 Å². The maximum atomic E-state index is 13.1. The third kappa shape index (κ3) is 4.38. The maximum absolute atomic E-state index is 13.1. The molecule has 1 heterocycles. The first-order valence-electron chi connectivity index (χ1n) is 9.68. The summed E-state index contributed by atoms with van der Waals surface area (Å²) in [6.07, 6.45) is 0. The average molecular weight is 446 g/mol. The molecule has 4 rings (SSSR count). The molecule has 0 unspecified atom stereocenters. The number of para-hydroxylation sites is 1. The smallest absolute Gasteiger partial charge is 0.387 e. The first-order valence-corrected chi connectivity index (χ1v) is 11.1. The molecule has 1 aliphatic heterocycles. The second kappa shape index (κ2) is 8.60. The van der Waals surface area contributed by atoms with Crippen molar-refractivity contribution in [3.05, 3.63) is 72.3 Å². The largest absolute Gasteiger partial charge is 0.434 e. The van der Waals surface area contributed by atoms with Crippen LogP contribution in [0.3, 0.4) is 0 Å². The number of carbonyl (C=O) groups excluding carboxylic acids is 1. The van der Waals surface area contributed by atoms with Gasteiger partial charge in [-0.3, -0.25) is 4.79 Å². The van der Waals surface area contributed by atoms with E-state index in [1.54, 1.807) is 24.3 Å². The molecule has 0 bridgehead atoms. The fraction of sp³-hybridized carbons (Fsp3) is 0.227.